The average molecular weight is 632 g/mol. The zero-order valence-electron chi connectivity index (χ0n) is 24.3. The second kappa shape index (κ2) is 14.9. The van der Waals surface area contributed by atoms with Gasteiger partial charge in [-0.1, -0.05) is 108 Å². The van der Waals surface area contributed by atoms with Crippen LogP contribution in [0.3, 0.4) is 0 Å². The summed E-state index contributed by atoms with van der Waals surface area (Å²) in [4.78, 5) is 27.6. The summed E-state index contributed by atoms with van der Waals surface area (Å²) in [6.45, 7) is 4.25. The number of hydrogen-bond donors (Lipinski definition) is 2. The van der Waals surface area contributed by atoms with Gasteiger partial charge in [0.15, 0.2) is 0 Å². The molecule has 6 rings (SSSR count). The number of nitrogens with zero attached hydrogens (tertiary/aromatic N) is 2. The molecule has 0 aliphatic carbocycles. The van der Waals surface area contributed by atoms with Crippen molar-refractivity contribution in [3.63, 3.8) is 0 Å². The molecular formula is C36H36Cl2N2O4. The number of halogens is 2. The lowest BCUT2D eigenvalue weighted by Crippen LogP contribution is -2.23. The third-order valence-corrected chi connectivity index (χ3v) is 9.02. The van der Waals surface area contributed by atoms with Crippen LogP contribution in [0.1, 0.15) is 34.1 Å². The first-order valence-corrected chi connectivity index (χ1v) is 15.5. The van der Waals surface area contributed by atoms with Crippen LogP contribution in [0, 0.1) is 11.8 Å². The van der Waals surface area contributed by atoms with Crippen molar-refractivity contribution < 1.29 is 19.8 Å². The number of aliphatic carboxylic acids is 2. The molecule has 0 bridgehead atoms. The van der Waals surface area contributed by atoms with E-state index >= 15 is 0 Å². The highest BCUT2D eigenvalue weighted by atomic mass is 35.5. The standard InChI is InChI=1S/2C18H18ClNO2/c2*19-15-8-6-14(7-9-15)16-11-20(12-17(16)18(21)22)10-13-4-2-1-3-5-13/h2*1-9,16-17H,10-12H2,(H,21,22)/t2*16-,17+/m10/s1. The maximum atomic E-state index is 11.6. The molecule has 2 N–H and O–H groups in total. The van der Waals surface area contributed by atoms with Crippen molar-refractivity contribution in [3.8, 4) is 0 Å². The van der Waals surface area contributed by atoms with E-state index in [0.717, 1.165) is 37.3 Å². The van der Waals surface area contributed by atoms with Crippen molar-refractivity contribution >= 4 is 35.1 Å². The van der Waals surface area contributed by atoms with Crippen LogP contribution in [0.2, 0.25) is 10.0 Å². The van der Waals surface area contributed by atoms with Gasteiger partial charge in [0.1, 0.15) is 0 Å². The number of hydrogen-bond acceptors (Lipinski definition) is 4. The maximum Gasteiger partial charge on any atom is 0.308 e. The molecule has 0 radical (unpaired) electrons. The van der Waals surface area contributed by atoms with Gasteiger partial charge in [0.25, 0.3) is 0 Å². The number of rotatable bonds is 8. The van der Waals surface area contributed by atoms with Gasteiger partial charge >= 0.3 is 11.9 Å². The second-order valence-corrected chi connectivity index (χ2v) is 12.4. The van der Waals surface area contributed by atoms with E-state index in [1.807, 2.05) is 84.9 Å². The van der Waals surface area contributed by atoms with Crippen LogP contribution in [-0.4, -0.2) is 58.1 Å². The van der Waals surface area contributed by atoms with Gasteiger partial charge in [-0.15, -0.1) is 0 Å². The molecule has 0 spiro atoms. The molecule has 0 amide bonds. The van der Waals surface area contributed by atoms with E-state index in [-0.39, 0.29) is 23.7 Å². The average Bonchev–Trinajstić information content (AvgIpc) is 3.64. The van der Waals surface area contributed by atoms with Gasteiger partial charge in [-0.05, 0) is 46.5 Å². The molecule has 0 unspecified atom stereocenters. The summed E-state index contributed by atoms with van der Waals surface area (Å²) in [6, 6.07) is 35.4. The minimum atomic E-state index is -0.726. The second-order valence-electron chi connectivity index (χ2n) is 11.6. The third-order valence-electron chi connectivity index (χ3n) is 8.52. The molecule has 2 heterocycles. The van der Waals surface area contributed by atoms with E-state index in [1.165, 1.54) is 11.1 Å². The molecule has 44 heavy (non-hydrogen) atoms. The summed E-state index contributed by atoms with van der Waals surface area (Å²) in [7, 11) is 0. The van der Waals surface area contributed by atoms with Crippen LogP contribution >= 0.6 is 23.2 Å². The van der Waals surface area contributed by atoms with Gasteiger partial charge in [-0.3, -0.25) is 19.4 Å². The van der Waals surface area contributed by atoms with Crippen molar-refractivity contribution in [2.75, 3.05) is 26.2 Å². The van der Waals surface area contributed by atoms with Crippen LogP contribution in [0.15, 0.2) is 109 Å². The van der Waals surface area contributed by atoms with E-state index in [4.69, 9.17) is 23.2 Å². The van der Waals surface area contributed by atoms with Crippen molar-refractivity contribution in [3.05, 3.63) is 141 Å². The number of carbonyl (C=O) groups is 2. The molecule has 6 nitrogen and oxygen atoms in total. The Morgan fingerprint density at radius 2 is 0.886 bits per heavy atom. The van der Waals surface area contributed by atoms with E-state index in [9.17, 15) is 19.8 Å². The quantitative estimate of drug-likeness (QED) is 0.213. The van der Waals surface area contributed by atoms with Gasteiger partial charge in [-0.2, -0.15) is 0 Å². The van der Waals surface area contributed by atoms with Crippen LogP contribution in [0.25, 0.3) is 0 Å². The van der Waals surface area contributed by atoms with Crippen molar-refractivity contribution in [2.24, 2.45) is 11.8 Å². The maximum absolute atomic E-state index is 11.6. The fraction of sp³-hybridized carbons (Fsp3) is 0.278. The highest BCUT2D eigenvalue weighted by molar-refractivity contribution is 6.30. The molecule has 0 saturated carbocycles. The van der Waals surface area contributed by atoms with Crippen molar-refractivity contribution in [1.29, 1.82) is 0 Å². The number of carboxylic acids is 2. The Morgan fingerprint density at radius 3 is 1.20 bits per heavy atom. The van der Waals surface area contributed by atoms with Crippen molar-refractivity contribution in [1.82, 2.24) is 9.80 Å². The Balaban J connectivity index is 0.000000175. The Labute approximate surface area is 268 Å². The zero-order valence-corrected chi connectivity index (χ0v) is 25.8. The predicted molar refractivity (Wildman–Crippen MR) is 174 cm³/mol. The summed E-state index contributed by atoms with van der Waals surface area (Å²) >= 11 is 11.9. The minimum absolute atomic E-state index is 0.0125. The topological polar surface area (TPSA) is 81.1 Å². The van der Waals surface area contributed by atoms with Gasteiger partial charge in [0.05, 0.1) is 11.8 Å². The summed E-state index contributed by atoms with van der Waals surface area (Å²) in [5.41, 5.74) is 4.52. The minimum Gasteiger partial charge on any atom is -0.481 e. The van der Waals surface area contributed by atoms with Gasteiger partial charge in [-0.25, -0.2) is 0 Å². The van der Waals surface area contributed by atoms with Crippen LogP contribution in [0.4, 0.5) is 0 Å². The predicted octanol–water partition coefficient (Wildman–Crippen LogP) is 7.28. The molecule has 2 saturated heterocycles. The Kier molecular flexibility index (Phi) is 10.7. The van der Waals surface area contributed by atoms with Gasteiger partial charge < -0.3 is 10.2 Å². The molecule has 4 aromatic carbocycles. The lowest BCUT2D eigenvalue weighted by molar-refractivity contribution is -0.142. The molecule has 2 aliphatic heterocycles. The van der Waals surface area contributed by atoms with E-state index in [1.54, 1.807) is 0 Å². The lowest BCUT2D eigenvalue weighted by Gasteiger charge is -2.16. The molecule has 0 aromatic heterocycles. The summed E-state index contributed by atoms with van der Waals surface area (Å²) in [6.07, 6.45) is 0. The number of benzene rings is 4. The normalized spacial score (nSPS) is 21.9. The Bertz CT molecular complexity index is 1400. The molecule has 2 fully saturated rings. The number of likely N-dealkylation sites (tertiary alicyclic amines) is 2. The monoisotopic (exact) mass is 630 g/mol. The molecule has 2 aliphatic rings. The molecule has 228 valence electrons. The largest absolute Gasteiger partial charge is 0.481 e. The summed E-state index contributed by atoms with van der Waals surface area (Å²) in [5, 5.41) is 20.4. The van der Waals surface area contributed by atoms with E-state index in [0.29, 0.717) is 23.1 Å². The lowest BCUT2D eigenvalue weighted by atomic mass is 9.89. The Morgan fingerprint density at radius 1 is 0.545 bits per heavy atom. The molecule has 8 heteroatoms. The van der Waals surface area contributed by atoms with Crippen LogP contribution in [0.5, 0.6) is 0 Å². The SMILES string of the molecule is O=C(O)[C@@H]1CN(Cc2ccccc2)C[C@H]1c1ccc(Cl)cc1.O=C(O)[C@H]1CN(Cc2ccccc2)C[C@@H]1c1ccc(Cl)cc1. The van der Waals surface area contributed by atoms with Crippen molar-refractivity contribution in [2.45, 2.75) is 24.9 Å². The zero-order chi connectivity index (χ0) is 31.1. The van der Waals surface area contributed by atoms with Gasteiger partial charge in [0.2, 0.25) is 0 Å². The summed E-state index contributed by atoms with van der Waals surface area (Å²) in [5.74, 6) is -2.17. The van der Waals surface area contributed by atoms with Crippen LogP contribution < -0.4 is 0 Å². The smallest absolute Gasteiger partial charge is 0.308 e. The number of carboxylic acid groups (broad SMARTS) is 2. The summed E-state index contributed by atoms with van der Waals surface area (Å²) < 4.78 is 0. The molecular weight excluding hydrogens is 595 g/mol. The first kappa shape index (κ1) is 31.7. The van der Waals surface area contributed by atoms with Crippen LogP contribution in [-0.2, 0) is 22.7 Å². The third kappa shape index (κ3) is 8.27. The van der Waals surface area contributed by atoms with Gasteiger partial charge in [0, 0.05) is 61.1 Å². The molecule has 4 aromatic rings. The fourth-order valence-electron chi connectivity index (χ4n) is 6.31. The Hall–Kier alpha value is -3.68. The fourth-order valence-corrected chi connectivity index (χ4v) is 6.56. The molecule has 4 atom stereocenters. The highest BCUT2D eigenvalue weighted by Gasteiger charge is 2.39. The first-order valence-electron chi connectivity index (χ1n) is 14.8. The first-order chi connectivity index (χ1) is 21.3. The highest BCUT2D eigenvalue weighted by Crippen LogP contribution is 2.35. The van der Waals surface area contributed by atoms with E-state index < -0.39 is 11.9 Å². The van der Waals surface area contributed by atoms with E-state index in [2.05, 4.69) is 34.1 Å².